The first-order valence-electron chi connectivity index (χ1n) is 4.85. The monoisotopic (exact) mass is 268 g/mol. The van der Waals surface area contributed by atoms with Crippen molar-refractivity contribution in [3.8, 4) is 0 Å². The number of hydrogen-bond acceptors (Lipinski definition) is 6. The van der Waals surface area contributed by atoms with Crippen molar-refractivity contribution < 1.29 is 14.1 Å². The van der Waals surface area contributed by atoms with Gasteiger partial charge in [0.25, 0.3) is 0 Å². The summed E-state index contributed by atoms with van der Waals surface area (Å²) in [5, 5.41) is 15.9. The van der Waals surface area contributed by atoms with E-state index >= 15 is 0 Å². The van der Waals surface area contributed by atoms with E-state index in [2.05, 4.69) is 5.10 Å². The van der Waals surface area contributed by atoms with Crippen LogP contribution in [-0.4, -0.2) is 45.7 Å². The highest BCUT2D eigenvalue weighted by Gasteiger charge is 2.29. The number of carbonyl (C=O) groups excluding carboxylic acids is 1. The molecule has 0 aliphatic carbocycles. The minimum atomic E-state index is -0.644. The van der Waals surface area contributed by atoms with Crippen LogP contribution in [0, 0.1) is 10.1 Å². The molecule has 0 aromatic carbocycles. The first kappa shape index (κ1) is 12.2. The van der Waals surface area contributed by atoms with E-state index < -0.39 is 4.92 Å². The van der Waals surface area contributed by atoms with Gasteiger partial charge in [-0.15, -0.1) is 0 Å². The summed E-state index contributed by atoms with van der Waals surface area (Å²) in [6, 6.07) is 2.63. The summed E-state index contributed by atoms with van der Waals surface area (Å²) in [5.41, 5.74) is 0. The van der Waals surface area contributed by atoms with Crippen molar-refractivity contribution in [3.63, 3.8) is 0 Å². The maximum Gasteiger partial charge on any atom is 0.433 e. The third-order valence-corrected chi connectivity index (χ3v) is 2.77. The standard InChI is InChI=1S/C9H8N4O4S/c1-11-7(14)5-12(9(11)18)10-4-6-2-3-8(17-6)13(15)16/h2-4H,5H2,1H3/b10-4+. The fraction of sp³-hybridized carbons (Fsp3) is 0.222. The van der Waals surface area contributed by atoms with Crippen LogP contribution in [-0.2, 0) is 4.79 Å². The molecule has 0 radical (unpaired) electrons. The lowest BCUT2D eigenvalue weighted by Crippen LogP contribution is -2.26. The number of furan rings is 1. The highest BCUT2D eigenvalue weighted by molar-refractivity contribution is 7.80. The van der Waals surface area contributed by atoms with Gasteiger partial charge in [-0.1, -0.05) is 0 Å². The molecule has 2 heterocycles. The zero-order chi connectivity index (χ0) is 13.3. The summed E-state index contributed by atoms with van der Waals surface area (Å²) in [5.74, 6) is -0.317. The molecule has 1 aliphatic heterocycles. The molecule has 0 bridgehead atoms. The van der Waals surface area contributed by atoms with Crippen LogP contribution < -0.4 is 0 Å². The Kier molecular flexibility index (Phi) is 3.06. The second-order valence-corrected chi connectivity index (χ2v) is 3.84. The first-order chi connectivity index (χ1) is 8.49. The van der Waals surface area contributed by atoms with Gasteiger partial charge in [0.1, 0.15) is 11.5 Å². The molecule has 0 unspecified atom stereocenters. The Labute approximate surface area is 107 Å². The number of carbonyl (C=O) groups is 1. The highest BCUT2D eigenvalue weighted by atomic mass is 32.1. The Morgan fingerprint density at radius 1 is 1.61 bits per heavy atom. The molecule has 0 spiro atoms. The number of hydrazone groups is 1. The van der Waals surface area contributed by atoms with Gasteiger partial charge in [-0.05, 0) is 18.3 Å². The van der Waals surface area contributed by atoms with Crippen LogP contribution in [0.3, 0.4) is 0 Å². The molecule has 1 aromatic heterocycles. The van der Waals surface area contributed by atoms with E-state index in [0.717, 1.165) is 0 Å². The van der Waals surface area contributed by atoms with E-state index in [9.17, 15) is 14.9 Å². The van der Waals surface area contributed by atoms with Gasteiger partial charge >= 0.3 is 5.88 Å². The van der Waals surface area contributed by atoms with Crippen LogP contribution in [0.1, 0.15) is 5.76 Å². The van der Waals surface area contributed by atoms with Gasteiger partial charge in [-0.25, -0.2) is 5.01 Å². The van der Waals surface area contributed by atoms with Crippen molar-refractivity contribution in [2.24, 2.45) is 5.10 Å². The molecule has 18 heavy (non-hydrogen) atoms. The largest absolute Gasteiger partial charge is 0.433 e. The SMILES string of the molecule is CN1C(=O)CN(/N=C/c2ccc([N+](=O)[O-])o2)C1=S. The first-order valence-corrected chi connectivity index (χ1v) is 5.26. The number of rotatable bonds is 3. The maximum atomic E-state index is 11.3. The Hall–Kier alpha value is -2.29. The lowest BCUT2D eigenvalue weighted by molar-refractivity contribution is -0.402. The van der Waals surface area contributed by atoms with Crippen molar-refractivity contribution in [2.75, 3.05) is 13.6 Å². The van der Waals surface area contributed by atoms with Crippen molar-refractivity contribution in [1.29, 1.82) is 0 Å². The van der Waals surface area contributed by atoms with Crippen molar-refractivity contribution in [1.82, 2.24) is 9.91 Å². The Balaban J connectivity index is 2.09. The molecule has 1 amide bonds. The minimum absolute atomic E-state index is 0.0502. The summed E-state index contributed by atoms with van der Waals surface area (Å²) in [4.78, 5) is 22.4. The fourth-order valence-corrected chi connectivity index (χ4v) is 1.52. The van der Waals surface area contributed by atoms with Gasteiger partial charge in [0.05, 0.1) is 12.3 Å². The smallest absolute Gasteiger partial charge is 0.400 e. The normalized spacial score (nSPS) is 16.1. The van der Waals surface area contributed by atoms with Crippen LogP contribution in [0.4, 0.5) is 5.88 Å². The summed E-state index contributed by atoms with van der Waals surface area (Å²) < 4.78 is 4.88. The molecule has 8 nitrogen and oxygen atoms in total. The molecule has 9 heteroatoms. The summed E-state index contributed by atoms with van der Waals surface area (Å²) in [7, 11) is 1.55. The highest BCUT2D eigenvalue weighted by Crippen LogP contribution is 2.14. The number of hydrogen-bond donors (Lipinski definition) is 0. The number of amides is 1. The summed E-state index contributed by atoms with van der Waals surface area (Å²) in [6.45, 7) is 0.0502. The van der Waals surface area contributed by atoms with E-state index in [-0.39, 0.29) is 29.2 Å². The van der Waals surface area contributed by atoms with E-state index in [0.29, 0.717) is 0 Å². The number of nitro groups is 1. The van der Waals surface area contributed by atoms with Crippen LogP contribution in [0.5, 0.6) is 0 Å². The van der Waals surface area contributed by atoms with Gasteiger partial charge in [-0.3, -0.25) is 19.8 Å². The topological polar surface area (TPSA) is 92.2 Å². The predicted octanol–water partition coefficient (Wildman–Crippen LogP) is 0.581. The summed E-state index contributed by atoms with van der Waals surface area (Å²) in [6.07, 6.45) is 1.27. The molecule has 94 valence electrons. The zero-order valence-corrected chi connectivity index (χ0v) is 10.1. The average molecular weight is 268 g/mol. The number of thiocarbonyl (C=S) groups is 1. The van der Waals surface area contributed by atoms with E-state index in [1.165, 1.54) is 28.3 Å². The Morgan fingerprint density at radius 2 is 2.33 bits per heavy atom. The number of likely N-dealkylation sites (N-methyl/N-ethyl adjacent to an activating group) is 1. The van der Waals surface area contributed by atoms with E-state index in [4.69, 9.17) is 16.6 Å². The number of nitrogens with zero attached hydrogens (tertiary/aromatic N) is 4. The predicted molar refractivity (Wildman–Crippen MR) is 65.0 cm³/mol. The quantitative estimate of drug-likeness (QED) is 0.344. The molecule has 1 saturated heterocycles. The molecular weight excluding hydrogens is 260 g/mol. The lowest BCUT2D eigenvalue weighted by atomic mass is 10.5. The molecule has 2 rings (SSSR count). The fourth-order valence-electron chi connectivity index (χ4n) is 1.31. The van der Waals surface area contributed by atoms with Gasteiger partial charge < -0.3 is 4.42 Å². The van der Waals surface area contributed by atoms with Crippen LogP contribution in [0.25, 0.3) is 0 Å². The van der Waals surface area contributed by atoms with Crippen LogP contribution >= 0.6 is 12.2 Å². The van der Waals surface area contributed by atoms with Gasteiger partial charge in [0, 0.05) is 7.05 Å². The average Bonchev–Trinajstić information content (AvgIpc) is 2.88. The van der Waals surface area contributed by atoms with E-state index in [1.54, 1.807) is 7.05 Å². The maximum absolute atomic E-state index is 11.3. The Bertz CT molecular complexity index is 553. The molecule has 0 saturated carbocycles. The van der Waals surface area contributed by atoms with Gasteiger partial charge in [0.15, 0.2) is 10.9 Å². The third-order valence-electron chi connectivity index (χ3n) is 2.28. The molecular formula is C9H8N4O4S. The molecule has 1 aliphatic rings. The third kappa shape index (κ3) is 2.20. The molecule has 1 fully saturated rings. The van der Waals surface area contributed by atoms with Crippen molar-refractivity contribution >= 4 is 35.3 Å². The van der Waals surface area contributed by atoms with Crippen LogP contribution in [0.15, 0.2) is 21.7 Å². The molecule has 0 atom stereocenters. The van der Waals surface area contributed by atoms with Crippen LogP contribution in [0.2, 0.25) is 0 Å². The van der Waals surface area contributed by atoms with Crippen molar-refractivity contribution in [3.05, 3.63) is 28.0 Å². The van der Waals surface area contributed by atoms with E-state index in [1.807, 2.05) is 0 Å². The molecule has 1 aromatic rings. The second kappa shape index (κ2) is 4.53. The van der Waals surface area contributed by atoms with Crippen molar-refractivity contribution in [2.45, 2.75) is 0 Å². The van der Waals surface area contributed by atoms with Gasteiger partial charge in [0.2, 0.25) is 5.91 Å². The minimum Gasteiger partial charge on any atom is -0.400 e. The summed E-state index contributed by atoms with van der Waals surface area (Å²) >= 11 is 4.98. The van der Waals surface area contributed by atoms with Gasteiger partial charge in [-0.2, -0.15) is 5.10 Å². The zero-order valence-electron chi connectivity index (χ0n) is 9.27. The Morgan fingerprint density at radius 3 is 2.83 bits per heavy atom. The molecule has 0 N–H and O–H groups in total. The second-order valence-electron chi connectivity index (χ2n) is 3.47. The lowest BCUT2D eigenvalue weighted by Gasteiger charge is -2.10.